The minimum atomic E-state index is -3.49. The van der Waals surface area contributed by atoms with Crippen LogP contribution in [0.2, 0.25) is 0 Å². The largest absolute Gasteiger partial charge is 0.326 e. The van der Waals surface area contributed by atoms with Crippen molar-refractivity contribution in [1.29, 1.82) is 0 Å². The molecular weight excluding hydrogens is 288 g/mol. The first-order chi connectivity index (χ1) is 9.91. The third kappa shape index (κ3) is 4.05. The van der Waals surface area contributed by atoms with Gasteiger partial charge in [-0.05, 0) is 25.0 Å². The van der Waals surface area contributed by atoms with Crippen molar-refractivity contribution in [3.8, 4) is 0 Å². The fourth-order valence-corrected chi connectivity index (χ4v) is 3.22. The Labute approximate surface area is 125 Å². The Hall–Kier alpha value is -1.86. The predicted molar refractivity (Wildman–Crippen MR) is 83.2 cm³/mol. The molecule has 0 amide bonds. The first-order valence-electron chi connectivity index (χ1n) is 6.73. The van der Waals surface area contributed by atoms with Crippen LogP contribution in [-0.4, -0.2) is 18.2 Å². The summed E-state index contributed by atoms with van der Waals surface area (Å²) < 4.78 is 28.7. The number of hydrogen-bond donors (Lipinski definition) is 2. The van der Waals surface area contributed by atoms with E-state index in [1.165, 1.54) is 6.20 Å². The van der Waals surface area contributed by atoms with Crippen molar-refractivity contribution in [2.75, 3.05) is 4.72 Å². The lowest BCUT2D eigenvalue weighted by molar-refractivity contribution is 0.532. The Morgan fingerprint density at radius 2 is 1.95 bits per heavy atom. The summed E-state index contributed by atoms with van der Waals surface area (Å²) in [6.45, 7) is 4.27. The number of sulfonamides is 1. The first-order valence-corrected chi connectivity index (χ1v) is 8.38. The summed E-state index contributed by atoms with van der Waals surface area (Å²) in [7, 11) is -3.49. The molecule has 0 aliphatic rings. The maximum Gasteiger partial charge on any atom is 0.237 e. The molecule has 0 aliphatic heterocycles. The van der Waals surface area contributed by atoms with Gasteiger partial charge in [-0.25, -0.2) is 8.42 Å². The first kappa shape index (κ1) is 15.5. The van der Waals surface area contributed by atoms with Crippen LogP contribution >= 0.6 is 0 Å². The SMILES string of the molecule is CC(C)n1cc(NS(=O)(=O)Cc2ccccc2CN)cn1. The lowest BCUT2D eigenvalue weighted by Gasteiger charge is -2.09. The summed E-state index contributed by atoms with van der Waals surface area (Å²) in [4.78, 5) is 0. The van der Waals surface area contributed by atoms with Gasteiger partial charge in [0.05, 0.1) is 17.6 Å². The molecule has 0 unspecified atom stereocenters. The average Bonchev–Trinajstić information content (AvgIpc) is 2.86. The van der Waals surface area contributed by atoms with Crippen molar-refractivity contribution >= 4 is 15.7 Å². The minimum Gasteiger partial charge on any atom is -0.326 e. The monoisotopic (exact) mass is 308 g/mol. The average molecular weight is 308 g/mol. The number of nitrogens with one attached hydrogen (secondary N) is 1. The van der Waals surface area contributed by atoms with E-state index < -0.39 is 10.0 Å². The molecule has 0 spiro atoms. The van der Waals surface area contributed by atoms with Crippen LogP contribution in [0, 0.1) is 0 Å². The second-order valence-corrected chi connectivity index (χ2v) is 6.86. The number of anilines is 1. The van der Waals surface area contributed by atoms with E-state index in [4.69, 9.17) is 5.73 Å². The van der Waals surface area contributed by atoms with Crippen LogP contribution in [0.25, 0.3) is 0 Å². The molecule has 1 aromatic heterocycles. The summed E-state index contributed by atoms with van der Waals surface area (Å²) in [5.74, 6) is -0.104. The number of hydrogen-bond acceptors (Lipinski definition) is 4. The van der Waals surface area contributed by atoms with Crippen molar-refractivity contribution < 1.29 is 8.42 Å². The fraction of sp³-hybridized carbons (Fsp3) is 0.357. The quantitative estimate of drug-likeness (QED) is 0.852. The van der Waals surface area contributed by atoms with Gasteiger partial charge in [-0.15, -0.1) is 0 Å². The number of nitrogens with two attached hydrogens (primary N) is 1. The Kier molecular flexibility index (Phi) is 4.64. The topological polar surface area (TPSA) is 90.0 Å². The summed E-state index contributed by atoms with van der Waals surface area (Å²) in [5, 5.41) is 4.11. The number of benzene rings is 1. The summed E-state index contributed by atoms with van der Waals surface area (Å²) in [5.41, 5.74) is 7.64. The Morgan fingerprint density at radius 1 is 1.29 bits per heavy atom. The van der Waals surface area contributed by atoms with E-state index in [2.05, 4.69) is 9.82 Å². The van der Waals surface area contributed by atoms with Crippen LogP contribution in [-0.2, 0) is 22.3 Å². The summed E-state index contributed by atoms with van der Waals surface area (Å²) >= 11 is 0. The van der Waals surface area contributed by atoms with E-state index in [9.17, 15) is 8.42 Å². The molecule has 0 aliphatic carbocycles. The standard InChI is InChI=1S/C14H20N4O2S/c1-11(2)18-9-14(8-16-18)17-21(19,20)10-13-6-4-3-5-12(13)7-15/h3-6,8-9,11,17H,7,10,15H2,1-2H3. The van der Waals surface area contributed by atoms with Gasteiger partial charge in [0.1, 0.15) is 0 Å². The third-order valence-electron chi connectivity index (χ3n) is 3.09. The predicted octanol–water partition coefficient (Wildman–Crippen LogP) is 1.86. The number of rotatable bonds is 6. The smallest absolute Gasteiger partial charge is 0.237 e. The van der Waals surface area contributed by atoms with Crippen LogP contribution in [0.3, 0.4) is 0 Å². The highest BCUT2D eigenvalue weighted by atomic mass is 32.2. The Morgan fingerprint density at radius 3 is 2.52 bits per heavy atom. The third-order valence-corrected chi connectivity index (χ3v) is 4.33. The second-order valence-electron chi connectivity index (χ2n) is 5.14. The van der Waals surface area contributed by atoms with Crippen LogP contribution in [0.5, 0.6) is 0 Å². The van der Waals surface area contributed by atoms with Crippen molar-refractivity contribution in [2.24, 2.45) is 5.73 Å². The minimum absolute atomic E-state index is 0.104. The van der Waals surface area contributed by atoms with E-state index in [0.29, 0.717) is 17.8 Å². The van der Waals surface area contributed by atoms with Gasteiger partial charge in [-0.1, -0.05) is 24.3 Å². The Balaban J connectivity index is 2.14. The molecule has 21 heavy (non-hydrogen) atoms. The zero-order valence-corrected chi connectivity index (χ0v) is 13.0. The molecule has 7 heteroatoms. The normalized spacial score (nSPS) is 11.8. The van der Waals surface area contributed by atoms with Gasteiger partial charge in [-0.3, -0.25) is 9.40 Å². The number of nitrogens with zero attached hydrogens (tertiary/aromatic N) is 2. The zero-order chi connectivity index (χ0) is 15.5. The van der Waals surface area contributed by atoms with Crippen molar-refractivity contribution in [1.82, 2.24) is 9.78 Å². The summed E-state index contributed by atoms with van der Waals surface area (Å²) in [6, 6.07) is 7.45. The highest BCUT2D eigenvalue weighted by Gasteiger charge is 2.15. The van der Waals surface area contributed by atoms with Gasteiger partial charge in [0.25, 0.3) is 0 Å². The van der Waals surface area contributed by atoms with Crippen LogP contribution in [0.4, 0.5) is 5.69 Å². The highest BCUT2D eigenvalue weighted by Crippen LogP contribution is 2.16. The lowest BCUT2D eigenvalue weighted by atomic mass is 10.1. The highest BCUT2D eigenvalue weighted by molar-refractivity contribution is 7.91. The molecule has 0 radical (unpaired) electrons. The molecule has 114 valence electrons. The molecule has 2 rings (SSSR count). The van der Waals surface area contributed by atoms with Gasteiger partial charge in [0.15, 0.2) is 0 Å². The molecule has 1 aromatic carbocycles. The van der Waals surface area contributed by atoms with Crippen LogP contribution in [0.15, 0.2) is 36.7 Å². The number of aromatic nitrogens is 2. The maximum atomic E-state index is 12.2. The van der Waals surface area contributed by atoms with E-state index in [0.717, 1.165) is 5.56 Å². The molecule has 0 fully saturated rings. The van der Waals surface area contributed by atoms with Crippen molar-refractivity contribution in [2.45, 2.75) is 32.2 Å². The molecule has 0 bridgehead atoms. The molecule has 1 heterocycles. The van der Waals surface area contributed by atoms with Crippen LogP contribution in [0.1, 0.15) is 31.0 Å². The van der Waals surface area contributed by atoms with E-state index >= 15 is 0 Å². The van der Waals surface area contributed by atoms with Gasteiger partial charge < -0.3 is 5.73 Å². The van der Waals surface area contributed by atoms with Gasteiger partial charge >= 0.3 is 0 Å². The van der Waals surface area contributed by atoms with Crippen molar-refractivity contribution in [3.63, 3.8) is 0 Å². The molecule has 2 aromatic rings. The summed E-state index contributed by atoms with van der Waals surface area (Å²) in [6.07, 6.45) is 3.18. The molecule has 6 nitrogen and oxygen atoms in total. The molecular formula is C14H20N4O2S. The van der Waals surface area contributed by atoms with Gasteiger partial charge in [0.2, 0.25) is 10.0 Å². The lowest BCUT2D eigenvalue weighted by Crippen LogP contribution is -2.16. The van der Waals surface area contributed by atoms with E-state index in [-0.39, 0.29) is 11.8 Å². The van der Waals surface area contributed by atoms with E-state index in [1.54, 1.807) is 23.0 Å². The molecule has 0 saturated heterocycles. The second kappa shape index (κ2) is 6.28. The van der Waals surface area contributed by atoms with E-state index in [1.807, 2.05) is 26.0 Å². The van der Waals surface area contributed by atoms with Crippen molar-refractivity contribution in [3.05, 3.63) is 47.8 Å². The molecule has 0 atom stereocenters. The molecule has 3 N–H and O–H groups in total. The van der Waals surface area contributed by atoms with Gasteiger partial charge in [-0.2, -0.15) is 5.10 Å². The fourth-order valence-electron chi connectivity index (χ4n) is 1.99. The maximum absolute atomic E-state index is 12.2. The molecule has 0 saturated carbocycles. The van der Waals surface area contributed by atoms with Gasteiger partial charge in [0, 0.05) is 18.8 Å². The van der Waals surface area contributed by atoms with Crippen LogP contribution < -0.4 is 10.5 Å². The zero-order valence-electron chi connectivity index (χ0n) is 12.2. The Bertz CT molecular complexity index is 707.